The average molecular weight is 214 g/mol. The molecule has 0 spiro atoms. The fourth-order valence-corrected chi connectivity index (χ4v) is 2.34. The summed E-state index contributed by atoms with van der Waals surface area (Å²) in [7, 11) is 0. The van der Waals surface area contributed by atoms with E-state index in [1.807, 2.05) is 0 Å². The van der Waals surface area contributed by atoms with E-state index in [0.717, 1.165) is 32.5 Å². The van der Waals surface area contributed by atoms with Gasteiger partial charge >= 0.3 is 0 Å². The first-order valence-electron chi connectivity index (χ1n) is 6.17. The van der Waals surface area contributed by atoms with E-state index in [1.165, 1.54) is 13.0 Å². The van der Waals surface area contributed by atoms with Gasteiger partial charge in [0, 0.05) is 19.7 Å². The van der Waals surface area contributed by atoms with Crippen LogP contribution in [0.3, 0.4) is 0 Å². The highest BCUT2D eigenvalue weighted by Gasteiger charge is 2.28. The van der Waals surface area contributed by atoms with Crippen molar-refractivity contribution in [1.82, 2.24) is 4.90 Å². The first kappa shape index (κ1) is 12.9. The van der Waals surface area contributed by atoms with Crippen LogP contribution in [0.4, 0.5) is 0 Å². The summed E-state index contributed by atoms with van der Waals surface area (Å²) in [6, 6.07) is 0. The molecule has 0 aromatic rings. The van der Waals surface area contributed by atoms with Gasteiger partial charge in [-0.05, 0) is 43.7 Å². The molecular weight excluding hydrogens is 188 g/mol. The highest BCUT2D eigenvalue weighted by Crippen LogP contribution is 2.26. The van der Waals surface area contributed by atoms with Crippen LogP contribution >= 0.6 is 0 Å². The van der Waals surface area contributed by atoms with Crippen molar-refractivity contribution in [1.29, 1.82) is 0 Å². The summed E-state index contributed by atoms with van der Waals surface area (Å²) < 4.78 is 0. The Bertz CT molecular complexity index is 180. The second-order valence-corrected chi connectivity index (χ2v) is 5.27. The molecule has 90 valence electrons. The number of aliphatic hydroxyl groups excluding tert-OH is 1. The molecule has 1 aliphatic heterocycles. The maximum Gasteiger partial charge on any atom is 0.0434 e. The highest BCUT2D eigenvalue weighted by atomic mass is 16.3. The van der Waals surface area contributed by atoms with Gasteiger partial charge in [-0.25, -0.2) is 0 Å². The van der Waals surface area contributed by atoms with E-state index in [9.17, 15) is 0 Å². The van der Waals surface area contributed by atoms with E-state index in [1.54, 1.807) is 0 Å². The normalized spacial score (nSPS) is 26.8. The van der Waals surface area contributed by atoms with E-state index in [4.69, 9.17) is 10.8 Å². The summed E-state index contributed by atoms with van der Waals surface area (Å²) in [5.41, 5.74) is 6.09. The second kappa shape index (κ2) is 5.83. The molecule has 0 aliphatic carbocycles. The van der Waals surface area contributed by atoms with Crippen molar-refractivity contribution in [3.63, 3.8) is 0 Å². The standard InChI is InChI=1S/C12H26N2O/c1-3-12(2,9-13)10-14-6-4-11(8-14)5-7-15/h11,15H,3-10,13H2,1-2H3. The zero-order valence-corrected chi connectivity index (χ0v) is 10.2. The maximum absolute atomic E-state index is 8.90. The zero-order valence-electron chi connectivity index (χ0n) is 10.2. The van der Waals surface area contributed by atoms with Gasteiger partial charge in [-0.15, -0.1) is 0 Å². The molecule has 0 radical (unpaired) electrons. The van der Waals surface area contributed by atoms with Crippen LogP contribution in [-0.2, 0) is 0 Å². The number of aliphatic hydroxyl groups is 1. The van der Waals surface area contributed by atoms with Gasteiger partial charge < -0.3 is 15.7 Å². The molecule has 1 fully saturated rings. The van der Waals surface area contributed by atoms with Gasteiger partial charge in [-0.3, -0.25) is 0 Å². The zero-order chi connectivity index (χ0) is 11.3. The largest absolute Gasteiger partial charge is 0.396 e. The molecule has 3 nitrogen and oxygen atoms in total. The Kier molecular flexibility index (Phi) is 5.03. The second-order valence-electron chi connectivity index (χ2n) is 5.27. The Morgan fingerprint density at radius 3 is 2.80 bits per heavy atom. The summed E-state index contributed by atoms with van der Waals surface area (Å²) >= 11 is 0. The molecule has 0 amide bonds. The van der Waals surface area contributed by atoms with Crippen LogP contribution in [0.5, 0.6) is 0 Å². The molecule has 0 aromatic heterocycles. The lowest BCUT2D eigenvalue weighted by Gasteiger charge is -2.31. The van der Waals surface area contributed by atoms with E-state index in [0.29, 0.717) is 12.5 Å². The van der Waals surface area contributed by atoms with Crippen molar-refractivity contribution in [3.8, 4) is 0 Å². The maximum atomic E-state index is 8.90. The number of hydrogen-bond donors (Lipinski definition) is 2. The van der Waals surface area contributed by atoms with Crippen molar-refractivity contribution in [2.45, 2.75) is 33.1 Å². The molecule has 0 aromatic carbocycles. The van der Waals surface area contributed by atoms with Crippen molar-refractivity contribution in [2.75, 3.05) is 32.8 Å². The van der Waals surface area contributed by atoms with Crippen LogP contribution < -0.4 is 5.73 Å². The van der Waals surface area contributed by atoms with E-state index in [2.05, 4.69) is 18.7 Å². The summed E-state index contributed by atoms with van der Waals surface area (Å²) in [4.78, 5) is 2.51. The number of nitrogens with two attached hydrogens (primary N) is 1. The SMILES string of the molecule is CCC(C)(CN)CN1CCC(CCO)C1. The molecular formula is C12H26N2O. The predicted molar refractivity (Wildman–Crippen MR) is 63.7 cm³/mol. The van der Waals surface area contributed by atoms with Gasteiger partial charge in [0.25, 0.3) is 0 Å². The molecule has 0 bridgehead atoms. The van der Waals surface area contributed by atoms with Crippen LogP contribution in [0.15, 0.2) is 0 Å². The number of rotatable bonds is 6. The third-order valence-electron chi connectivity index (χ3n) is 3.86. The molecule has 1 rings (SSSR count). The molecule has 1 heterocycles. The lowest BCUT2D eigenvalue weighted by molar-refractivity contribution is 0.182. The van der Waals surface area contributed by atoms with Crippen molar-refractivity contribution in [2.24, 2.45) is 17.1 Å². The molecule has 1 aliphatic rings. The Labute approximate surface area is 93.6 Å². The van der Waals surface area contributed by atoms with E-state index < -0.39 is 0 Å². The highest BCUT2D eigenvalue weighted by molar-refractivity contribution is 4.83. The first-order chi connectivity index (χ1) is 7.13. The number of hydrogen-bond acceptors (Lipinski definition) is 3. The number of likely N-dealkylation sites (tertiary alicyclic amines) is 1. The fraction of sp³-hybridized carbons (Fsp3) is 1.00. The van der Waals surface area contributed by atoms with Crippen LogP contribution in [0.1, 0.15) is 33.1 Å². The summed E-state index contributed by atoms with van der Waals surface area (Å²) in [6.45, 7) is 9.03. The van der Waals surface area contributed by atoms with E-state index >= 15 is 0 Å². The Balaban J connectivity index is 2.34. The third kappa shape index (κ3) is 3.74. The van der Waals surface area contributed by atoms with Gasteiger partial charge in [-0.2, -0.15) is 0 Å². The first-order valence-corrected chi connectivity index (χ1v) is 6.17. The van der Waals surface area contributed by atoms with E-state index in [-0.39, 0.29) is 5.41 Å². The van der Waals surface area contributed by atoms with Gasteiger partial charge in [0.05, 0.1) is 0 Å². The summed E-state index contributed by atoms with van der Waals surface area (Å²) in [5.74, 6) is 0.703. The molecule has 1 saturated heterocycles. The Morgan fingerprint density at radius 2 is 2.27 bits per heavy atom. The topological polar surface area (TPSA) is 49.5 Å². The lowest BCUT2D eigenvalue weighted by atomic mass is 9.87. The van der Waals surface area contributed by atoms with Crippen molar-refractivity contribution >= 4 is 0 Å². The minimum atomic E-state index is 0.272. The van der Waals surface area contributed by atoms with Crippen LogP contribution in [0, 0.1) is 11.3 Å². The summed E-state index contributed by atoms with van der Waals surface area (Å²) in [6.07, 6.45) is 3.34. The molecule has 0 saturated carbocycles. The fourth-order valence-electron chi connectivity index (χ4n) is 2.34. The molecule has 3 heteroatoms. The lowest BCUT2D eigenvalue weighted by Crippen LogP contribution is -2.39. The minimum Gasteiger partial charge on any atom is -0.396 e. The average Bonchev–Trinajstić information content (AvgIpc) is 2.66. The Hall–Kier alpha value is -0.120. The predicted octanol–water partition coefficient (Wildman–Crippen LogP) is 1.07. The minimum absolute atomic E-state index is 0.272. The van der Waals surface area contributed by atoms with Crippen molar-refractivity contribution in [3.05, 3.63) is 0 Å². The molecule has 15 heavy (non-hydrogen) atoms. The van der Waals surface area contributed by atoms with Gasteiger partial charge in [0.1, 0.15) is 0 Å². The quantitative estimate of drug-likeness (QED) is 0.695. The van der Waals surface area contributed by atoms with Gasteiger partial charge in [-0.1, -0.05) is 13.8 Å². The van der Waals surface area contributed by atoms with Crippen LogP contribution in [-0.4, -0.2) is 42.8 Å². The van der Waals surface area contributed by atoms with Crippen LogP contribution in [0.2, 0.25) is 0 Å². The smallest absolute Gasteiger partial charge is 0.0434 e. The van der Waals surface area contributed by atoms with Crippen LogP contribution in [0.25, 0.3) is 0 Å². The van der Waals surface area contributed by atoms with Gasteiger partial charge in [0.15, 0.2) is 0 Å². The monoisotopic (exact) mass is 214 g/mol. The van der Waals surface area contributed by atoms with Gasteiger partial charge in [0.2, 0.25) is 0 Å². The molecule has 3 N–H and O–H groups in total. The number of nitrogens with zero attached hydrogens (tertiary/aromatic N) is 1. The Morgan fingerprint density at radius 1 is 1.53 bits per heavy atom. The molecule has 2 unspecified atom stereocenters. The summed E-state index contributed by atoms with van der Waals surface area (Å²) in [5, 5.41) is 8.90. The molecule has 2 atom stereocenters. The van der Waals surface area contributed by atoms with Crippen molar-refractivity contribution < 1.29 is 5.11 Å². The third-order valence-corrected chi connectivity index (χ3v) is 3.86.